The van der Waals surface area contributed by atoms with Crippen molar-refractivity contribution in [1.29, 1.82) is 5.26 Å². The van der Waals surface area contributed by atoms with Crippen molar-refractivity contribution in [3.8, 4) is 6.07 Å². The van der Waals surface area contributed by atoms with Crippen LogP contribution >= 0.6 is 0 Å². The summed E-state index contributed by atoms with van der Waals surface area (Å²) in [5, 5.41) is 12.1. The van der Waals surface area contributed by atoms with E-state index >= 15 is 0 Å². The predicted molar refractivity (Wildman–Crippen MR) is 131 cm³/mol. The molecule has 2 unspecified atom stereocenters. The van der Waals surface area contributed by atoms with E-state index in [2.05, 4.69) is 16.1 Å². The zero-order valence-electron chi connectivity index (χ0n) is 19.8. The third-order valence-electron chi connectivity index (χ3n) is 6.29. The number of allylic oxidation sites excluding steroid dienone is 4. The number of amidine groups is 1. The first-order valence-corrected chi connectivity index (χ1v) is 12.9. The fraction of sp³-hybridized carbons (Fsp3) is 0.458. The van der Waals surface area contributed by atoms with Crippen LogP contribution in [0.25, 0.3) is 0 Å². The van der Waals surface area contributed by atoms with Crippen molar-refractivity contribution >= 4 is 35.9 Å². The number of thiol groups is 1. The lowest BCUT2D eigenvalue weighted by atomic mass is 9.87. The van der Waals surface area contributed by atoms with Crippen molar-refractivity contribution in [2.75, 3.05) is 26.0 Å². The van der Waals surface area contributed by atoms with Gasteiger partial charge in [-0.2, -0.15) is 18.4 Å². The van der Waals surface area contributed by atoms with E-state index in [1.165, 1.54) is 0 Å². The van der Waals surface area contributed by atoms with Gasteiger partial charge >= 0.3 is 24.1 Å². The van der Waals surface area contributed by atoms with Crippen LogP contribution in [0, 0.1) is 17.2 Å². The maximum absolute atomic E-state index is 13.9. The van der Waals surface area contributed by atoms with Crippen LogP contribution in [0.5, 0.6) is 0 Å². The lowest BCUT2D eigenvalue weighted by Crippen LogP contribution is -2.60. The predicted octanol–water partition coefficient (Wildman–Crippen LogP) is 2.72. The summed E-state index contributed by atoms with van der Waals surface area (Å²) in [6.45, 7) is 2.45. The van der Waals surface area contributed by atoms with Crippen LogP contribution in [0.2, 0.25) is 0 Å². The lowest BCUT2D eigenvalue weighted by molar-refractivity contribution is -0.0854. The first-order valence-electron chi connectivity index (χ1n) is 11.5. The topological polar surface area (TPSA) is 99.8 Å². The number of hydrogen-bond acceptors (Lipinski definition) is 4. The molecule has 4 rings (SSSR count). The van der Waals surface area contributed by atoms with Crippen LogP contribution in [-0.2, 0) is 16.5 Å². The second kappa shape index (κ2) is 10.4. The standard InChI is InChI=1S/C24H24F3N5O3S/c1-3-29-22(33)32-21(16-7-6-14(11-28)9-19(16)36-2)17-13-35-8-4-5-18(17)31(23(32)34)20-10-15(12-30-20)24(25,26)27/h6-7,10,12,14,21H,3-5,8-9,13H2,1-2H3/p+2. The summed E-state index contributed by atoms with van der Waals surface area (Å²) in [4.78, 5) is 30.3. The van der Waals surface area contributed by atoms with Crippen molar-refractivity contribution in [2.45, 2.75) is 38.4 Å². The maximum Gasteiger partial charge on any atom is 0.426 e. The molecule has 190 valence electrons. The number of carbonyl (C=O) groups excluding carboxylic acids is 2. The summed E-state index contributed by atoms with van der Waals surface area (Å²) in [6.07, 6.45) is 3.70. The number of rotatable bonds is 3. The molecule has 1 N–H and O–H groups in total. The minimum Gasteiger partial charge on any atom is -0.377 e. The Kier molecular flexibility index (Phi) is 7.45. The third kappa shape index (κ3) is 4.74. The van der Waals surface area contributed by atoms with Gasteiger partial charge in [-0.25, -0.2) is 19.2 Å². The Labute approximate surface area is 210 Å². The van der Waals surface area contributed by atoms with Gasteiger partial charge < -0.3 is 10.1 Å². The van der Waals surface area contributed by atoms with Crippen molar-refractivity contribution in [3.63, 3.8) is 0 Å². The van der Waals surface area contributed by atoms with Gasteiger partial charge in [-0.1, -0.05) is 12.2 Å². The van der Waals surface area contributed by atoms with Crippen molar-refractivity contribution in [2.24, 2.45) is 5.92 Å². The fourth-order valence-electron chi connectivity index (χ4n) is 4.65. The first kappa shape index (κ1) is 25.8. The number of nitrogens with one attached hydrogen (secondary N) is 1. The Bertz CT molecular complexity index is 1200. The highest BCUT2D eigenvalue weighted by atomic mass is 32.2. The highest BCUT2D eigenvalue weighted by Gasteiger charge is 2.53. The van der Waals surface area contributed by atoms with Crippen LogP contribution < -0.4 is 9.98 Å². The lowest BCUT2D eigenvalue weighted by Gasteiger charge is -2.38. The molecule has 0 radical (unpaired) electrons. The molecule has 12 heteroatoms. The molecule has 3 aliphatic heterocycles. The Morgan fingerprint density at radius 3 is 2.83 bits per heavy atom. The zero-order chi connectivity index (χ0) is 26.0. The number of hydrogen-bond donors (Lipinski definition) is 1. The number of alkyl halides is 3. The van der Waals surface area contributed by atoms with Gasteiger partial charge in [0.15, 0.2) is 0 Å². The molecule has 2 atom stereocenters. The van der Waals surface area contributed by atoms with Crippen molar-refractivity contribution in [3.05, 3.63) is 45.5 Å². The summed E-state index contributed by atoms with van der Waals surface area (Å²) in [6, 6.07) is -0.0404. The number of halogens is 3. The van der Waals surface area contributed by atoms with Gasteiger partial charge in [-0.05, 0) is 13.3 Å². The van der Waals surface area contributed by atoms with Gasteiger partial charge in [0.05, 0.1) is 24.7 Å². The molecule has 8 nitrogen and oxygen atoms in total. The summed E-state index contributed by atoms with van der Waals surface area (Å²) < 4.78 is 49.7. The maximum atomic E-state index is 13.9. The Hall–Kier alpha value is -3.26. The molecular formula is C24H26F3N5O3S+2. The number of amides is 4. The van der Waals surface area contributed by atoms with E-state index in [0.717, 1.165) is 38.1 Å². The number of urea groups is 2. The molecule has 0 aromatic rings. The molecule has 1 aliphatic carbocycles. The quantitative estimate of drug-likeness (QED) is 0.351. The molecular weight excluding hydrogens is 495 g/mol. The summed E-state index contributed by atoms with van der Waals surface area (Å²) in [5.41, 5.74) is 0.849. The molecule has 0 fully saturated rings. The average molecular weight is 522 g/mol. The number of imide groups is 1. The van der Waals surface area contributed by atoms with Gasteiger partial charge in [0.1, 0.15) is 28.5 Å². The van der Waals surface area contributed by atoms with Crippen molar-refractivity contribution in [1.82, 2.24) is 19.8 Å². The van der Waals surface area contributed by atoms with Gasteiger partial charge in [0, 0.05) is 48.9 Å². The number of nitriles is 1. The van der Waals surface area contributed by atoms with E-state index < -0.39 is 29.9 Å². The molecule has 0 saturated heterocycles. The molecule has 4 amide bonds. The molecule has 0 saturated carbocycles. The Balaban J connectivity index is 1.91. The van der Waals surface area contributed by atoms with Gasteiger partial charge in [-0.15, -0.1) is 4.90 Å². The molecule has 0 bridgehead atoms. The average Bonchev–Trinajstić information content (AvgIpc) is 3.22. The second-order valence-corrected chi connectivity index (χ2v) is 9.48. The fourth-order valence-corrected chi connectivity index (χ4v) is 5.48. The monoisotopic (exact) mass is 521 g/mol. The summed E-state index contributed by atoms with van der Waals surface area (Å²) >= 11 is 0.885. The summed E-state index contributed by atoms with van der Waals surface area (Å²) in [5.74, 6) is -0.515. The van der Waals surface area contributed by atoms with Crippen LogP contribution in [0.15, 0.2) is 45.5 Å². The first-order chi connectivity index (χ1) is 17.2. The second-order valence-electron chi connectivity index (χ2n) is 8.49. The minimum atomic E-state index is -4.63. The normalized spacial score (nSPS) is 24.4. The van der Waals surface area contributed by atoms with Crippen LogP contribution in [0.1, 0.15) is 26.2 Å². The Morgan fingerprint density at radius 1 is 1.42 bits per heavy atom. The van der Waals surface area contributed by atoms with Gasteiger partial charge in [0.25, 0.3) is 0 Å². The van der Waals surface area contributed by atoms with E-state index in [1.54, 1.807) is 19.1 Å². The Morgan fingerprint density at radius 2 is 2.19 bits per heavy atom. The van der Waals surface area contributed by atoms with E-state index in [0.29, 0.717) is 43.4 Å². The molecule has 36 heavy (non-hydrogen) atoms. The van der Waals surface area contributed by atoms with Crippen LogP contribution in [0.3, 0.4) is 0 Å². The number of carbonyl (C=O) groups is 2. The molecule has 0 spiro atoms. The highest BCUT2D eigenvalue weighted by Crippen LogP contribution is 2.39. The van der Waals surface area contributed by atoms with E-state index in [-0.39, 0.29) is 24.9 Å². The zero-order valence-corrected chi connectivity index (χ0v) is 20.7. The molecule has 0 aromatic carbocycles. The highest BCUT2D eigenvalue weighted by molar-refractivity contribution is 7.81. The molecule has 3 heterocycles. The largest absolute Gasteiger partial charge is 0.426 e. The summed E-state index contributed by atoms with van der Waals surface area (Å²) in [7, 11) is 0. The van der Waals surface area contributed by atoms with Crippen LogP contribution in [0.4, 0.5) is 22.8 Å². The van der Waals surface area contributed by atoms with Gasteiger partial charge in [0.2, 0.25) is 6.21 Å². The minimum absolute atomic E-state index is 0.0967. The molecule has 0 aromatic heterocycles. The van der Waals surface area contributed by atoms with Crippen molar-refractivity contribution < 1.29 is 27.5 Å². The van der Waals surface area contributed by atoms with Gasteiger partial charge in [-0.3, -0.25) is 0 Å². The number of nitrogens with zero attached hydrogens (tertiary/aromatic N) is 4. The van der Waals surface area contributed by atoms with E-state index in [4.69, 9.17) is 4.74 Å². The SMILES string of the molecule is CCNC(=O)N1C(=O)N(C2=[N+]=CC(C(F)(F)F)=C2)C2=C(COCCC2)C1C1=C([SH+]C)CC(C#N)C=C1. The van der Waals surface area contributed by atoms with E-state index in [9.17, 15) is 28.0 Å². The smallest absolute Gasteiger partial charge is 0.377 e. The van der Waals surface area contributed by atoms with Crippen LogP contribution in [-0.4, -0.2) is 72.1 Å². The number of ether oxygens (including phenoxy) is 1. The van der Waals surface area contributed by atoms with E-state index in [1.807, 2.05) is 6.26 Å². The third-order valence-corrected chi connectivity index (χ3v) is 7.28. The molecule has 4 aliphatic rings.